The van der Waals surface area contributed by atoms with E-state index in [2.05, 4.69) is 11.7 Å². The van der Waals surface area contributed by atoms with Gasteiger partial charge in [0.1, 0.15) is 0 Å². The Morgan fingerprint density at radius 2 is 1.95 bits per heavy atom. The highest BCUT2D eigenvalue weighted by atomic mass is 35.5. The van der Waals surface area contributed by atoms with Crippen LogP contribution in [0.2, 0.25) is 10.0 Å². The summed E-state index contributed by atoms with van der Waals surface area (Å²) in [6, 6.07) is 6.04. The highest BCUT2D eigenvalue weighted by Gasteiger charge is 2.10. The molecule has 0 spiro atoms. The van der Waals surface area contributed by atoms with E-state index >= 15 is 0 Å². The van der Waals surface area contributed by atoms with Crippen LogP contribution in [0.25, 0.3) is 11.3 Å². The molecule has 0 saturated carbocycles. The van der Waals surface area contributed by atoms with E-state index in [0.717, 1.165) is 0 Å². The first-order valence-electron chi connectivity index (χ1n) is 5.40. The Labute approximate surface area is 119 Å². The predicted molar refractivity (Wildman–Crippen MR) is 75.8 cm³/mol. The van der Waals surface area contributed by atoms with E-state index < -0.39 is 0 Å². The van der Waals surface area contributed by atoms with Crippen molar-refractivity contribution in [3.05, 3.63) is 57.3 Å². The van der Waals surface area contributed by atoms with Gasteiger partial charge in [0.25, 0.3) is 5.56 Å². The average molecular weight is 297 g/mol. The lowest BCUT2D eigenvalue weighted by molar-refractivity contribution is 0.476. The third-order valence-corrected chi connectivity index (χ3v) is 3.06. The molecule has 0 atom stereocenters. The summed E-state index contributed by atoms with van der Waals surface area (Å²) in [7, 11) is 0. The summed E-state index contributed by atoms with van der Waals surface area (Å²) >= 11 is 11.7. The molecule has 0 aliphatic rings. The standard InChI is InChI=1S/C13H10Cl2N2O2/c1-2-5-17-12(18)4-3-11(16-17)8-6-9(14)13(19)10(15)7-8/h2-4,6-7,19H,1,5H2. The monoisotopic (exact) mass is 296 g/mol. The summed E-state index contributed by atoms with van der Waals surface area (Å²) in [5, 5.41) is 13.9. The molecule has 98 valence electrons. The molecule has 2 aromatic rings. The van der Waals surface area contributed by atoms with Crippen molar-refractivity contribution >= 4 is 23.2 Å². The second kappa shape index (κ2) is 5.47. The van der Waals surface area contributed by atoms with Crippen LogP contribution in [0.1, 0.15) is 0 Å². The fourth-order valence-corrected chi connectivity index (χ4v) is 2.06. The Morgan fingerprint density at radius 1 is 1.32 bits per heavy atom. The molecule has 0 bridgehead atoms. The SMILES string of the molecule is C=CCn1nc(-c2cc(Cl)c(O)c(Cl)c2)ccc1=O. The van der Waals surface area contributed by atoms with Crippen molar-refractivity contribution in [2.45, 2.75) is 6.54 Å². The molecular weight excluding hydrogens is 287 g/mol. The van der Waals surface area contributed by atoms with Crippen molar-refractivity contribution in [3.8, 4) is 17.0 Å². The summed E-state index contributed by atoms with van der Waals surface area (Å²) in [5.74, 6) is -0.175. The lowest BCUT2D eigenvalue weighted by atomic mass is 10.1. The Bertz CT molecular complexity index is 672. The van der Waals surface area contributed by atoms with Crippen molar-refractivity contribution < 1.29 is 5.11 Å². The van der Waals surface area contributed by atoms with Crippen LogP contribution in [-0.4, -0.2) is 14.9 Å². The number of hydrogen-bond acceptors (Lipinski definition) is 3. The zero-order chi connectivity index (χ0) is 14.0. The van der Waals surface area contributed by atoms with E-state index in [9.17, 15) is 9.90 Å². The highest BCUT2D eigenvalue weighted by molar-refractivity contribution is 6.37. The molecule has 0 saturated heterocycles. The minimum absolute atomic E-state index is 0.130. The van der Waals surface area contributed by atoms with Crippen molar-refractivity contribution in [2.24, 2.45) is 0 Å². The summed E-state index contributed by atoms with van der Waals surface area (Å²) in [4.78, 5) is 11.5. The van der Waals surface area contributed by atoms with Gasteiger partial charge < -0.3 is 5.11 Å². The Balaban J connectivity index is 2.56. The lowest BCUT2D eigenvalue weighted by Crippen LogP contribution is -2.21. The normalized spacial score (nSPS) is 10.4. The van der Waals surface area contributed by atoms with Crippen LogP contribution in [0.4, 0.5) is 0 Å². The number of benzene rings is 1. The topological polar surface area (TPSA) is 55.1 Å². The maximum atomic E-state index is 11.5. The largest absolute Gasteiger partial charge is 0.505 e. The molecule has 0 amide bonds. The number of allylic oxidation sites excluding steroid dienone is 1. The Hall–Kier alpha value is -1.78. The van der Waals surface area contributed by atoms with Gasteiger partial charge in [-0.1, -0.05) is 29.3 Å². The third-order valence-electron chi connectivity index (χ3n) is 2.48. The smallest absolute Gasteiger partial charge is 0.267 e. The fourth-order valence-electron chi connectivity index (χ4n) is 1.57. The number of phenols is 1. The molecule has 1 N–H and O–H groups in total. The van der Waals surface area contributed by atoms with Crippen molar-refractivity contribution in [1.82, 2.24) is 9.78 Å². The van der Waals surface area contributed by atoms with Crippen molar-refractivity contribution in [3.63, 3.8) is 0 Å². The average Bonchev–Trinajstić information content (AvgIpc) is 2.38. The number of aromatic hydroxyl groups is 1. The van der Waals surface area contributed by atoms with E-state index in [1.54, 1.807) is 12.1 Å². The number of nitrogens with zero attached hydrogens (tertiary/aromatic N) is 2. The first-order valence-corrected chi connectivity index (χ1v) is 6.16. The summed E-state index contributed by atoms with van der Waals surface area (Å²) < 4.78 is 1.27. The van der Waals surface area contributed by atoms with Crippen LogP contribution < -0.4 is 5.56 Å². The van der Waals surface area contributed by atoms with E-state index in [-0.39, 0.29) is 21.4 Å². The van der Waals surface area contributed by atoms with Crippen molar-refractivity contribution in [2.75, 3.05) is 0 Å². The summed E-state index contributed by atoms with van der Waals surface area (Å²) in [6.07, 6.45) is 1.58. The van der Waals surface area contributed by atoms with Crippen LogP contribution in [0.5, 0.6) is 5.75 Å². The highest BCUT2D eigenvalue weighted by Crippen LogP contribution is 2.35. The molecule has 2 rings (SSSR count). The first kappa shape index (κ1) is 13.6. The van der Waals surface area contributed by atoms with Gasteiger partial charge in [0.15, 0.2) is 5.75 Å². The van der Waals surface area contributed by atoms with Gasteiger partial charge in [0.05, 0.1) is 22.3 Å². The molecule has 1 aromatic carbocycles. The van der Waals surface area contributed by atoms with E-state index in [1.807, 2.05) is 0 Å². The zero-order valence-corrected chi connectivity index (χ0v) is 11.3. The van der Waals surface area contributed by atoms with Gasteiger partial charge >= 0.3 is 0 Å². The molecule has 1 heterocycles. The zero-order valence-electron chi connectivity index (χ0n) is 9.81. The number of aromatic nitrogens is 2. The summed E-state index contributed by atoms with van der Waals surface area (Å²) in [5.41, 5.74) is 0.926. The van der Waals surface area contributed by atoms with Gasteiger partial charge in [-0.25, -0.2) is 4.68 Å². The van der Waals surface area contributed by atoms with Crippen molar-refractivity contribution in [1.29, 1.82) is 0 Å². The predicted octanol–water partition coefficient (Wildman–Crippen LogP) is 3.11. The molecule has 0 fully saturated rings. The maximum absolute atomic E-state index is 11.5. The molecule has 6 heteroatoms. The number of hydrogen-bond donors (Lipinski definition) is 1. The quantitative estimate of drug-likeness (QED) is 0.886. The molecule has 0 aliphatic carbocycles. The molecule has 1 aromatic heterocycles. The Morgan fingerprint density at radius 3 is 2.53 bits per heavy atom. The van der Waals surface area contributed by atoms with E-state index in [0.29, 0.717) is 17.8 Å². The molecule has 0 aliphatic heterocycles. The first-order chi connectivity index (χ1) is 9.02. The van der Waals surface area contributed by atoms with Crippen LogP contribution in [-0.2, 0) is 6.54 Å². The van der Waals surface area contributed by atoms with Gasteiger partial charge in [-0.2, -0.15) is 5.10 Å². The molecule has 0 unspecified atom stereocenters. The molecule has 0 radical (unpaired) electrons. The van der Waals surface area contributed by atoms with Gasteiger partial charge in [0.2, 0.25) is 0 Å². The third kappa shape index (κ3) is 2.80. The Kier molecular flexibility index (Phi) is 3.93. The summed E-state index contributed by atoms with van der Waals surface area (Å²) in [6.45, 7) is 3.88. The number of phenolic OH excluding ortho intramolecular Hbond substituents is 1. The van der Waals surface area contributed by atoms with Gasteiger partial charge in [-0.05, 0) is 18.2 Å². The molecular formula is C13H10Cl2N2O2. The van der Waals surface area contributed by atoms with Crippen LogP contribution in [0.3, 0.4) is 0 Å². The minimum Gasteiger partial charge on any atom is -0.505 e. The van der Waals surface area contributed by atoms with Gasteiger partial charge in [-0.3, -0.25) is 4.79 Å². The van der Waals surface area contributed by atoms with Crippen LogP contribution in [0.15, 0.2) is 41.7 Å². The van der Waals surface area contributed by atoms with Gasteiger partial charge in [-0.15, -0.1) is 6.58 Å². The fraction of sp³-hybridized carbons (Fsp3) is 0.0769. The molecule has 4 nitrogen and oxygen atoms in total. The molecule has 19 heavy (non-hydrogen) atoms. The maximum Gasteiger partial charge on any atom is 0.267 e. The van der Waals surface area contributed by atoms with Crippen LogP contribution in [0, 0.1) is 0 Å². The lowest BCUT2D eigenvalue weighted by Gasteiger charge is -2.07. The number of rotatable bonds is 3. The second-order valence-electron chi connectivity index (χ2n) is 3.82. The van der Waals surface area contributed by atoms with Gasteiger partial charge in [0, 0.05) is 11.6 Å². The number of halogens is 2. The van der Waals surface area contributed by atoms with E-state index in [4.69, 9.17) is 23.2 Å². The second-order valence-corrected chi connectivity index (χ2v) is 4.63. The minimum atomic E-state index is -0.223. The van der Waals surface area contributed by atoms with Crippen LogP contribution >= 0.6 is 23.2 Å². The van der Waals surface area contributed by atoms with E-state index in [1.165, 1.54) is 22.9 Å².